The van der Waals surface area contributed by atoms with E-state index in [1.54, 1.807) is 4.90 Å². The van der Waals surface area contributed by atoms with E-state index in [1.807, 2.05) is 13.8 Å². The summed E-state index contributed by atoms with van der Waals surface area (Å²) in [7, 11) is 0. The van der Waals surface area contributed by atoms with Gasteiger partial charge in [0.25, 0.3) is 0 Å². The van der Waals surface area contributed by atoms with Crippen LogP contribution in [0.2, 0.25) is 0 Å². The highest BCUT2D eigenvalue weighted by Crippen LogP contribution is 2.35. The van der Waals surface area contributed by atoms with Crippen molar-refractivity contribution >= 4 is 11.9 Å². The molecule has 0 aromatic carbocycles. The molecule has 18 heavy (non-hydrogen) atoms. The number of likely N-dealkylation sites (tertiary alicyclic amines) is 1. The van der Waals surface area contributed by atoms with E-state index in [0.29, 0.717) is 32.4 Å². The molecule has 1 N–H and O–H groups in total. The highest BCUT2D eigenvalue weighted by atomic mass is 16.5. The summed E-state index contributed by atoms with van der Waals surface area (Å²) in [6.07, 6.45) is 2.61. The molecule has 5 heteroatoms. The number of carbonyl (C=O) groups is 2. The van der Waals surface area contributed by atoms with Crippen LogP contribution in [0.1, 0.15) is 39.5 Å². The largest absolute Gasteiger partial charge is 0.479 e. The minimum Gasteiger partial charge on any atom is -0.479 e. The van der Waals surface area contributed by atoms with Crippen LogP contribution in [0.5, 0.6) is 0 Å². The number of aliphatic carboxylic acids is 1. The lowest BCUT2D eigenvalue weighted by Gasteiger charge is -2.35. The lowest BCUT2D eigenvalue weighted by molar-refractivity contribution is -0.158. The number of nitrogens with zero attached hydrogens (tertiary/aromatic N) is 1. The molecule has 0 saturated carbocycles. The summed E-state index contributed by atoms with van der Waals surface area (Å²) in [5, 5.41) is 9.45. The Morgan fingerprint density at radius 3 is 2.72 bits per heavy atom. The van der Waals surface area contributed by atoms with Gasteiger partial charge in [-0.3, -0.25) is 4.79 Å². The third kappa shape index (κ3) is 2.00. The van der Waals surface area contributed by atoms with Crippen molar-refractivity contribution in [3.63, 3.8) is 0 Å². The zero-order chi connectivity index (χ0) is 13.3. The summed E-state index contributed by atoms with van der Waals surface area (Å²) in [5.74, 6) is -1.08. The fourth-order valence-electron chi connectivity index (χ4n) is 3.15. The van der Waals surface area contributed by atoms with Gasteiger partial charge in [0.15, 0.2) is 0 Å². The molecule has 102 valence electrons. The van der Waals surface area contributed by atoms with Gasteiger partial charge in [0, 0.05) is 6.54 Å². The quantitative estimate of drug-likeness (QED) is 0.824. The maximum atomic E-state index is 12.5. The molecule has 2 fully saturated rings. The maximum absolute atomic E-state index is 12.5. The molecule has 0 radical (unpaired) electrons. The van der Waals surface area contributed by atoms with E-state index in [2.05, 4.69) is 0 Å². The van der Waals surface area contributed by atoms with Crippen molar-refractivity contribution in [1.29, 1.82) is 0 Å². The second kappa shape index (κ2) is 4.88. The van der Waals surface area contributed by atoms with Gasteiger partial charge in [0.1, 0.15) is 5.54 Å². The Morgan fingerprint density at radius 2 is 2.22 bits per heavy atom. The van der Waals surface area contributed by atoms with Gasteiger partial charge in [0.2, 0.25) is 5.91 Å². The molecule has 3 atom stereocenters. The predicted molar refractivity (Wildman–Crippen MR) is 65.1 cm³/mol. The van der Waals surface area contributed by atoms with Crippen molar-refractivity contribution in [1.82, 2.24) is 4.90 Å². The number of hydrogen-bond acceptors (Lipinski definition) is 3. The summed E-state index contributed by atoms with van der Waals surface area (Å²) in [6.45, 7) is 4.77. The van der Waals surface area contributed by atoms with Crippen molar-refractivity contribution in [2.24, 2.45) is 5.92 Å². The van der Waals surface area contributed by atoms with Crippen LogP contribution in [-0.2, 0) is 14.3 Å². The molecule has 0 aromatic heterocycles. The SMILES string of the molecule is CCC1(C(=O)O)CCCN1C(=O)C1COC(C)C1. The van der Waals surface area contributed by atoms with Gasteiger partial charge in [-0.25, -0.2) is 4.79 Å². The number of hydrogen-bond donors (Lipinski definition) is 1. The number of amides is 1. The molecule has 2 saturated heterocycles. The zero-order valence-electron chi connectivity index (χ0n) is 11.0. The van der Waals surface area contributed by atoms with Gasteiger partial charge in [-0.2, -0.15) is 0 Å². The first-order valence-corrected chi connectivity index (χ1v) is 6.67. The van der Waals surface area contributed by atoms with Gasteiger partial charge in [-0.1, -0.05) is 6.92 Å². The molecule has 0 aromatic rings. The van der Waals surface area contributed by atoms with Crippen molar-refractivity contribution < 1.29 is 19.4 Å². The highest BCUT2D eigenvalue weighted by molar-refractivity contribution is 5.89. The summed E-state index contributed by atoms with van der Waals surface area (Å²) >= 11 is 0. The Morgan fingerprint density at radius 1 is 1.50 bits per heavy atom. The van der Waals surface area contributed by atoms with Gasteiger partial charge >= 0.3 is 5.97 Å². The number of carbonyl (C=O) groups excluding carboxylic acids is 1. The molecule has 0 bridgehead atoms. The minimum absolute atomic E-state index is 0.0406. The van der Waals surface area contributed by atoms with Crippen LogP contribution in [0.25, 0.3) is 0 Å². The van der Waals surface area contributed by atoms with E-state index in [0.717, 1.165) is 6.42 Å². The third-order valence-corrected chi connectivity index (χ3v) is 4.29. The Labute approximate surface area is 107 Å². The average Bonchev–Trinajstić information content (AvgIpc) is 2.94. The van der Waals surface area contributed by atoms with Gasteiger partial charge in [-0.15, -0.1) is 0 Å². The van der Waals surface area contributed by atoms with Crippen molar-refractivity contribution in [3.05, 3.63) is 0 Å². The van der Waals surface area contributed by atoms with Crippen LogP contribution in [0, 0.1) is 5.92 Å². The number of ether oxygens (including phenoxy) is 1. The number of carboxylic acids is 1. The molecule has 3 unspecified atom stereocenters. The minimum atomic E-state index is -0.983. The summed E-state index contributed by atoms with van der Waals surface area (Å²) in [5.41, 5.74) is -0.983. The van der Waals surface area contributed by atoms with Crippen LogP contribution >= 0.6 is 0 Å². The first kappa shape index (κ1) is 13.3. The molecule has 2 rings (SSSR count). The van der Waals surface area contributed by atoms with Gasteiger partial charge < -0.3 is 14.7 Å². The molecular formula is C13H21NO4. The molecular weight excluding hydrogens is 234 g/mol. The predicted octanol–water partition coefficient (Wildman–Crippen LogP) is 1.27. The van der Waals surface area contributed by atoms with Crippen LogP contribution < -0.4 is 0 Å². The second-order valence-electron chi connectivity index (χ2n) is 5.36. The van der Waals surface area contributed by atoms with Gasteiger partial charge in [0.05, 0.1) is 18.6 Å². The average molecular weight is 255 g/mol. The van der Waals surface area contributed by atoms with E-state index < -0.39 is 11.5 Å². The Bertz CT molecular complexity index is 357. The zero-order valence-corrected chi connectivity index (χ0v) is 11.0. The Hall–Kier alpha value is -1.10. The van der Waals surface area contributed by atoms with Crippen LogP contribution in [0.3, 0.4) is 0 Å². The molecule has 0 spiro atoms. The Kier molecular flexibility index (Phi) is 3.61. The first-order chi connectivity index (χ1) is 8.51. The Balaban J connectivity index is 2.16. The van der Waals surface area contributed by atoms with E-state index in [1.165, 1.54) is 0 Å². The normalized spacial score (nSPS) is 36.0. The topological polar surface area (TPSA) is 66.8 Å². The van der Waals surface area contributed by atoms with Gasteiger partial charge in [-0.05, 0) is 32.6 Å². The number of rotatable bonds is 3. The summed E-state index contributed by atoms with van der Waals surface area (Å²) in [4.78, 5) is 25.6. The lowest BCUT2D eigenvalue weighted by atomic mass is 9.91. The van der Waals surface area contributed by atoms with E-state index in [4.69, 9.17) is 4.74 Å². The lowest BCUT2D eigenvalue weighted by Crippen LogP contribution is -2.54. The van der Waals surface area contributed by atoms with Crippen LogP contribution in [-0.4, -0.2) is 46.7 Å². The molecule has 2 aliphatic heterocycles. The van der Waals surface area contributed by atoms with Crippen LogP contribution in [0.4, 0.5) is 0 Å². The van der Waals surface area contributed by atoms with Crippen LogP contribution in [0.15, 0.2) is 0 Å². The monoisotopic (exact) mass is 255 g/mol. The molecule has 2 aliphatic rings. The van der Waals surface area contributed by atoms with E-state index in [9.17, 15) is 14.7 Å². The number of carboxylic acid groups (broad SMARTS) is 1. The van der Waals surface area contributed by atoms with Crippen molar-refractivity contribution in [2.75, 3.05) is 13.2 Å². The second-order valence-corrected chi connectivity index (χ2v) is 5.36. The van der Waals surface area contributed by atoms with E-state index in [-0.39, 0.29) is 17.9 Å². The summed E-state index contributed by atoms with van der Waals surface area (Å²) < 4.78 is 5.41. The summed E-state index contributed by atoms with van der Waals surface area (Å²) in [6, 6.07) is 0. The molecule has 0 aliphatic carbocycles. The fourth-order valence-corrected chi connectivity index (χ4v) is 3.15. The highest BCUT2D eigenvalue weighted by Gasteiger charge is 2.50. The van der Waals surface area contributed by atoms with E-state index >= 15 is 0 Å². The smallest absolute Gasteiger partial charge is 0.329 e. The van der Waals surface area contributed by atoms with Crippen molar-refractivity contribution in [2.45, 2.75) is 51.2 Å². The molecule has 5 nitrogen and oxygen atoms in total. The fraction of sp³-hybridized carbons (Fsp3) is 0.846. The van der Waals surface area contributed by atoms with Crippen molar-refractivity contribution in [3.8, 4) is 0 Å². The maximum Gasteiger partial charge on any atom is 0.329 e. The standard InChI is InChI=1S/C13H21NO4/c1-3-13(12(16)17)5-4-6-14(13)11(15)10-7-9(2)18-8-10/h9-10H,3-8H2,1-2H3,(H,16,17). The first-order valence-electron chi connectivity index (χ1n) is 6.67. The molecule has 1 amide bonds. The molecule has 2 heterocycles. The third-order valence-electron chi connectivity index (χ3n) is 4.29.